The number of nitrogens with zero attached hydrogens (tertiary/aromatic N) is 1. The van der Waals surface area contributed by atoms with Crippen LogP contribution in [0.5, 0.6) is 0 Å². The van der Waals surface area contributed by atoms with Gasteiger partial charge in [-0.15, -0.1) is 0 Å². The summed E-state index contributed by atoms with van der Waals surface area (Å²) in [7, 11) is 0. The molecule has 0 atom stereocenters. The Balaban J connectivity index is 2.98. The molecule has 0 saturated carbocycles. The van der Waals surface area contributed by atoms with Gasteiger partial charge in [0, 0.05) is 16.9 Å². The molecule has 1 N–H and O–H groups in total. The van der Waals surface area contributed by atoms with E-state index in [0.717, 1.165) is 3.57 Å². The maximum absolute atomic E-state index is 13.4. The first-order chi connectivity index (χ1) is 8.45. The summed E-state index contributed by atoms with van der Waals surface area (Å²) in [6.45, 7) is 2.88. The van der Waals surface area contributed by atoms with Crippen molar-refractivity contribution in [3.63, 3.8) is 0 Å². The summed E-state index contributed by atoms with van der Waals surface area (Å²) >= 11 is 2.02. The fourth-order valence-electron chi connectivity index (χ4n) is 1.20. The molecule has 0 unspecified atom stereocenters. The summed E-state index contributed by atoms with van der Waals surface area (Å²) < 4.78 is 14.2. The van der Waals surface area contributed by atoms with Crippen LogP contribution in [-0.2, 0) is 9.59 Å². The van der Waals surface area contributed by atoms with E-state index in [0.29, 0.717) is 0 Å². The van der Waals surface area contributed by atoms with Crippen LogP contribution in [0.15, 0.2) is 23.3 Å². The summed E-state index contributed by atoms with van der Waals surface area (Å²) in [5.41, 5.74) is 2.35. The number of benzene rings is 1. The van der Waals surface area contributed by atoms with Crippen molar-refractivity contribution >= 4 is 45.6 Å². The predicted molar refractivity (Wildman–Crippen MR) is 76.2 cm³/mol. The van der Waals surface area contributed by atoms with Gasteiger partial charge in [0.15, 0.2) is 17.3 Å². The predicted octanol–water partition coefficient (Wildman–Crippen LogP) is 2.77. The van der Waals surface area contributed by atoms with Crippen molar-refractivity contribution in [2.24, 2.45) is 5.10 Å². The fraction of sp³-hybridized carbons (Fsp3) is 0.250. The summed E-state index contributed by atoms with van der Waals surface area (Å²) in [5, 5.41) is 3.69. The number of hydrogen-bond acceptors (Lipinski definition) is 4. The third-order valence-electron chi connectivity index (χ3n) is 2.14. The minimum atomic E-state index is -0.494. The largest absolute Gasteiger partial charge is 0.293 e. The number of halogens is 2. The molecule has 0 aliphatic rings. The van der Waals surface area contributed by atoms with Crippen molar-refractivity contribution < 1.29 is 14.0 Å². The van der Waals surface area contributed by atoms with E-state index in [9.17, 15) is 14.0 Å². The third-order valence-corrected chi connectivity index (χ3v) is 2.81. The molecule has 6 heteroatoms. The van der Waals surface area contributed by atoms with E-state index in [1.807, 2.05) is 22.6 Å². The summed E-state index contributed by atoms with van der Waals surface area (Å²) in [6.07, 6.45) is 0.175. The number of carbonyl (C=O) groups is 2. The fourth-order valence-corrected chi connectivity index (χ4v) is 1.70. The van der Waals surface area contributed by atoms with Gasteiger partial charge in [-0.25, -0.2) is 4.39 Å². The number of hydrogen-bond donors (Lipinski definition) is 1. The first-order valence-corrected chi connectivity index (χ1v) is 6.36. The molecule has 0 bridgehead atoms. The Morgan fingerprint density at radius 1 is 1.44 bits per heavy atom. The molecule has 0 aliphatic carbocycles. The molecule has 4 nitrogen and oxygen atoms in total. The maximum Gasteiger partial charge on any atom is 0.186 e. The number of nitrogens with one attached hydrogen (secondary N) is 1. The van der Waals surface area contributed by atoms with Crippen molar-refractivity contribution in [1.29, 1.82) is 0 Å². The zero-order valence-corrected chi connectivity index (χ0v) is 12.1. The molecule has 1 rings (SSSR count). The second-order valence-electron chi connectivity index (χ2n) is 3.53. The van der Waals surface area contributed by atoms with Crippen LogP contribution < -0.4 is 5.43 Å². The van der Waals surface area contributed by atoms with E-state index in [4.69, 9.17) is 0 Å². The highest BCUT2D eigenvalue weighted by Crippen LogP contribution is 2.17. The van der Waals surface area contributed by atoms with Gasteiger partial charge in [-0.1, -0.05) is 6.92 Å². The van der Waals surface area contributed by atoms with Crippen LogP contribution in [0.25, 0.3) is 0 Å². The Labute approximate surface area is 118 Å². The van der Waals surface area contributed by atoms with Gasteiger partial charge < -0.3 is 0 Å². The summed E-state index contributed by atoms with van der Waals surface area (Å²) in [6, 6.07) is 4.43. The molecule has 0 spiro atoms. The van der Waals surface area contributed by atoms with Crippen LogP contribution in [0.3, 0.4) is 0 Å². The highest BCUT2D eigenvalue weighted by Gasteiger charge is 2.14. The molecule has 0 fully saturated rings. The van der Waals surface area contributed by atoms with Gasteiger partial charge in [-0.2, -0.15) is 5.10 Å². The van der Waals surface area contributed by atoms with Crippen molar-refractivity contribution in [2.45, 2.75) is 20.3 Å². The molecule has 96 valence electrons. The van der Waals surface area contributed by atoms with Gasteiger partial charge in [0.05, 0.1) is 5.69 Å². The van der Waals surface area contributed by atoms with E-state index >= 15 is 0 Å². The lowest BCUT2D eigenvalue weighted by Gasteiger charge is -2.05. The maximum atomic E-state index is 13.4. The Morgan fingerprint density at radius 2 is 2.11 bits per heavy atom. The number of Topliss-reactive ketones (excluding diaryl/α,β-unsaturated/α-hetero) is 2. The first-order valence-electron chi connectivity index (χ1n) is 5.28. The number of rotatable bonds is 5. The minimum Gasteiger partial charge on any atom is -0.293 e. The lowest BCUT2D eigenvalue weighted by molar-refractivity contribution is -0.115. The molecule has 0 amide bonds. The molecule has 0 heterocycles. The monoisotopic (exact) mass is 362 g/mol. The van der Waals surface area contributed by atoms with Crippen molar-refractivity contribution in [3.8, 4) is 0 Å². The van der Waals surface area contributed by atoms with Crippen molar-refractivity contribution in [3.05, 3.63) is 27.6 Å². The Kier molecular flexibility index (Phi) is 5.39. The molecule has 1 aromatic carbocycles. The van der Waals surface area contributed by atoms with Crippen molar-refractivity contribution in [2.75, 3.05) is 5.43 Å². The molecular weight excluding hydrogens is 350 g/mol. The quantitative estimate of drug-likeness (QED) is 0.379. The molecule has 0 aliphatic heterocycles. The van der Waals surface area contributed by atoms with Gasteiger partial charge in [0.25, 0.3) is 0 Å². The van der Waals surface area contributed by atoms with E-state index in [2.05, 4.69) is 10.5 Å². The normalized spacial score (nSPS) is 11.2. The van der Waals surface area contributed by atoms with E-state index in [1.54, 1.807) is 13.0 Å². The number of anilines is 1. The van der Waals surface area contributed by atoms with Crippen LogP contribution in [0.1, 0.15) is 20.3 Å². The molecule has 1 aromatic rings. The number of carbonyl (C=O) groups excluding carboxylic acids is 2. The van der Waals surface area contributed by atoms with E-state index < -0.39 is 11.6 Å². The lowest BCUT2D eigenvalue weighted by Crippen LogP contribution is -2.22. The summed E-state index contributed by atoms with van der Waals surface area (Å²) in [4.78, 5) is 22.7. The van der Waals surface area contributed by atoms with Crippen LogP contribution in [0.4, 0.5) is 10.1 Å². The zero-order chi connectivity index (χ0) is 13.7. The highest BCUT2D eigenvalue weighted by atomic mass is 127. The lowest BCUT2D eigenvalue weighted by atomic mass is 10.1. The average molecular weight is 362 g/mol. The van der Waals surface area contributed by atoms with E-state index in [-0.39, 0.29) is 23.6 Å². The Hall–Kier alpha value is -1.31. The molecular formula is C12H12FIN2O2. The SMILES string of the molecule is CCC(=O)/C(=N\Nc1cc(I)ccc1F)C(C)=O. The van der Waals surface area contributed by atoms with Gasteiger partial charge >= 0.3 is 0 Å². The summed E-state index contributed by atoms with van der Waals surface area (Å²) in [5.74, 6) is -1.31. The average Bonchev–Trinajstić information content (AvgIpc) is 2.32. The van der Waals surface area contributed by atoms with Crippen LogP contribution in [-0.4, -0.2) is 17.3 Å². The zero-order valence-electron chi connectivity index (χ0n) is 9.96. The first kappa shape index (κ1) is 14.7. The van der Waals surface area contributed by atoms with Gasteiger partial charge in [-0.3, -0.25) is 15.0 Å². The molecule has 0 radical (unpaired) electrons. The second kappa shape index (κ2) is 6.58. The Morgan fingerprint density at radius 3 is 2.67 bits per heavy atom. The standard InChI is InChI=1S/C12H12FIN2O2/c1-3-11(18)12(7(2)17)16-15-10-6-8(14)4-5-9(10)13/h4-6,15H,3H2,1-2H3/b16-12-. The second-order valence-corrected chi connectivity index (χ2v) is 4.77. The smallest absolute Gasteiger partial charge is 0.186 e. The molecule has 0 saturated heterocycles. The van der Waals surface area contributed by atoms with Crippen LogP contribution in [0.2, 0.25) is 0 Å². The van der Waals surface area contributed by atoms with Crippen LogP contribution >= 0.6 is 22.6 Å². The number of ketones is 2. The highest BCUT2D eigenvalue weighted by molar-refractivity contribution is 14.1. The third kappa shape index (κ3) is 3.86. The number of hydrazone groups is 1. The van der Waals surface area contributed by atoms with Gasteiger partial charge in [0.1, 0.15) is 5.82 Å². The van der Waals surface area contributed by atoms with Gasteiger partial charge in [0.2, 0.25) is 0 Å². The van der Waals surface area contributed by atoms with E-state index in [1.165, 1.54) is 19.1 Å². The van der Waals surface area contributed by atoms with Crippen molar-refractivity contribution in [1.82, 2.24) is 0 Å². The molecule has 18 heavy (non-hydrogen) atoms. The van der Waals surface area contributed by atoms with Gasteiger partial charge in [-0.05, 0) is 40.8 Å². The Bertz CT molecular complexity index is 515. The topological polar surface area (TPSA) is 58.5 Å². The van der Waals surface area contributed by atoms with Crippen LogP contribution in [0, 0.1) is 9.39 Å². The molecule has 0 aromatic heterocycles. The minimum absolute atomic E-state index is 0.129.